The zero-order chi connectivity index (χ0) is 9.68. The summed E-state index contributed by atoms with van der Waals surface area (Å²) in [7, 11) is 0. The number of allylic oxidation sites excluding steroid dienone is 2. The molecule has 1 aliphatic heterocycles. The SMILES string of the molecule is CCC(=O)NC1=CC(C=O)=CCN1. The number of carbonyl (C=O) groups excluding carboxylic acids is 2. The van der Waals surface area contributed by atoms with Crippen LogP contribution >= 0.6 is 0 Å². The number of rotatable bonds is 3. The Bertz CT molecular complexity index is 279. The lowest BCUT2D eigenvalue weighted by atomic mass is 10.2. The second kappa shape index (κ2) is 4.45. The Balaban J connectivity index is 2.60. The lowest BCUT2D eigenvalue weighted by Gasteiger charge is -2.14. The van der Waals surface area contributed by atoms with Gasteiger partial charge in [0.1, 0.15) is 12.1 Å². The quantitative estimate of drug-likeness (QED) is 0.605. The number of carbonyl (C=O) groups is 2. The normalized spacial score (nSPS) is 15.2. The van der Waals surface area contributed by atoms with Crippen LogP contribution in [0.15, 0.2) is 23.5 Å². The maximum absolute atomic E-state index is 11.0. The van der Waals surface area contributed by atoms with Gasteiger partial charge in [-0.2, -0.15) is 0 Å². The molecule has 0 saturated heterocycles. The molecule has 0 bridgehead atoms. The molecule has 0 aromatic carbocycles. The Morgan fingerprint density at radius 1 is 1.77 bits per heavy atom. The van der Waals surface area contributed by atoms with Crippen LogP contribution in [0.2, 0.25) is 0 Å². The fraction of sp³-hybridized carbons (Fsp3) is 0.333. The van der Waals surface area contributed by atoms with E-state index in [-0.39, 0.29) is 5.91 Å². The van der Waals surface area contributed by atoms with Gasteiger partial charge in [0.15, 0.2) is 0 Å². The highest BCUT2D eigenvalue weighted by Gasteiger charge is 2.05. The van der Waals surface area contributed by atoms with E-state index in [4.69, 9.17) is 0 Å². The molecule has 4 nitrogen and oxygen atoms in total. The predicted octanol–water partition coefficient (Wildman–Crippen LogP) is 0.0825. The summed E-state index contributed by atoms with van der Waals surface area (Å²) in [5, 5.41) is 5.59. The van der Waals surface area contributed by atoms with Crippen molar-refractivity contribution >= 4 is 12.2 Å². The first-order valence-electron chi connectivity index (χ1n) is 4.17. The fourth-order valence-corrected chi connectivity index (χ4v) is 0.956. The molecule has 0 saturated carbocycles. The van der Waals surface area contributed by atoms with Gasteiger partial charge in [0.25, 0.3) is 0 Å². The molecule has 0 unspecified atom stereocenters. The van der Waals surface area contributed by atoms with E-state index in [2.05, 4.69) is 10.6 Å². The minimum absolute atomic E-state index is 0.0640. The molecule has 0 aromatic heterocycles. The van der Waals surface area contributed by atoms with E-state index >= 15 is 0 Å². The van der Waals surface area contributed by atoms with E-state index in [0.29, 0.717) is 24.4 Å². The smallest absolute Gasteiger partial charge is 0.225 e. The van der Waals surface area contributed by atoms with Gasteiger partial charge in [0, 0.05) is 18.5 Å². The minimum atomic E-state index is -0.0640. The third-order valence-corrected chi connectivity index (χ3v) is 1.67. The molecule has 0 fully saturated rings. The molecule has 0 radical (unpaired) electrons. The summed E-state index contributed by atoms with van der Waals surface area (Å²) in [5.74, 6) is 0.530. The zero-order valence-electron chi connectivity index (χ0n) is 7.46. The molecule has 1 amide bonds. The van der Waals surface area contributed by atoms with Gasteiger partial charge in [0.05, 0.1) is 0 Å². The van der Waals surface area contributed by atoms with E-state index in [1.807, 2.05) is 0 Å². The van der Waals surface area contributed by atoms with Crippen molar-refractivity contribution in [3.05, 3.63) is 23.5 Å². The summed E-state index contributed by atoms with van der Waals surface area (Å²) in [6, 6.07) is 0. The van der Waals surface area contributed by atoms with Crippen molar-refractivity contribution in [3.8, 4) is 0 Å². The third-order valence-electron chi connectivity index (χ3n) is 1.67. The largest absolute Gasteiger partial charge is 0.368 e. The fourth-order valence-electron chi connectivity index (χ4n) is 0.956. The molecule has 13 heavy (non-hydrogen) atoms. The number of dihydropyridines is 1. The van der Waals surface area contributed by atoms with Crippen LogP contribution in [-0.2, 0) is 9.59 Å². The molecule has 1 aliphatic rings. The molecule has 0 spiro atoms. The van der Waals surface area contributed by atoms with E-state index in [1.165, 1.54) is 0 Å². The van der Waals surface area contributed by atoms with Crippen molar-refractivity contribution in [2.24, 2.45) is 0 Å². The van der Waals surface area contributed by atoms with Gasteiger partial charge in [-0.3, -0.25) is 9.59 Å². The number of hydrogen-bond acceptors (Lipinski definition) is 3. The molecule has 0 aliphatic carbocycles. The second-order valence-corrected chi connectivity index (χ2v) is 2.66. The summed E-state index contributed by atoms with van der Waals surface area (Å²) in [6.07, 6.45) is 4.57. The van der Waals surface area contributed by atoms with Gasteiger partial charge in [0.2, 0.25) is 5.91 Å². The first kappa shape index (κ1) is 9.51. The lowest BCUT2D eigenvalue weighted by molar-refractivity contribution is -0.120. The highest BCUT2D eigenvalue weighted by Crippen LogP contribution is 2.00. The average Bonchev–Trinajstić information content (AvgIpc) is 2.18. The second-order valence-electron chi connectivity index (χ2n) is 2.66. The van der Waals surface area contributed by atoms with Crippen LogP contribution < -0.4 is 10.6 Å². The van der Waals surface area contributed by atoms with Crippen molar-refractivity contribution in [3.63, 3.8) is 0 Å². The van der Waals surface area contributed by atoms with Gasteiger partial charge >= 0.3 is 0 Å². The summed E-state index contributed by atoms with van der Waals surface area (Å²) in [5.41, 5.74) is 0.588. The Morgan fingerprint density at radius 2 is 2.54 bits per heavy atom. The number of aldehydes is 1. The van der Waals surface area contributed by atoms with Gasteiger partial charge in [-0.15, -0.1) is 0 Å². The van der Waals surface area contributed by atoms with Crippen LogP contribution in [0.5, 0.6) is 0 Å². The minimum Gasteiger partial charge on any atom is -0.368 e. The zero-order valence-corrected chi connectivity index (χ0v) is 7.46. The van der Waals surface area contributed by atoms with Crippen molar-refractivity contribution in [1.82, 2.24) is 10.6 Å². The van der Waals surface area contributed by atoms with E-state index < -0.39 is 0 Å². The maximum Gasteiger partial charge on any atom is 0.225 e. The van der Waals surface area contributed by atoms with Crippen molar-refractivity contribution in [1.29, 1.82) is 0 Å². The molecular weight excluding hydrogens is 168 g/mol. The van der Waals surface area contributed by atoms with Gasteiger partial charge in [-0.05, 0) is 6.08 Å². The first-order valence-corrected chi connectivity index (χ1v) is 4.17. The third kappa shape index (κ3) is 2.74. The lowest BCUT2D eigenvalue weighted by Crippen LogP contribution is -2.32. The van der Waals surface area contributed by atoms with Crippen molar-refractivity contribution in [2.75, 3.05) is 6.54 Å². The molecule has 4 heteroatoms. The standard InChI is InChI=1S/C9H12N2O2/c1-2-9(13)11-8-5-7(6-12)3-4-10-8/h3,5-6,10H,2,4H2,1H3,(H,11,13). The molecule has 0 aromatic rings. The summed E-state index contributed by atoms with van der Waals surface area (Å²) < 4.78 is 0. The topological polar surface area (TPSA) is 58.2 Å². The van der Waals surface area contributed by atoms with Crippen LogP contribution in [0.25, 0.3) is 0 Å². The Morgan fingerprint density at radius 3 is 3.15 bits per heavy atom. The monoisotopic (exact) mass is 180 g/mol. The molecule has 1 rings (SSSR count). The van der Waals surface area contributed by atoms with Gasteiger partial charge in [-0.25, -0.2) is 0 Å². The highest BCUT2D eigenvalue weighted by molar-refractivity contribution is 5.80. The van der Waals surface area contributed by atoms with Crippen LogP contribution in [-0.4, -0.2) is 18.7 Å². The maximum atomic E-state index is 11.0. The molecule has 2 N–H and O–H groups in total. The van der Waals surface area contributed by atoms with Crippen LogP contribution in [0.1, 0.15) is 13.3 Å². The van der Waals surface area contributed by atoms with Gasteiger partial charge in [-0.1, -0.05) is 13.0 Å². The highest BCUT2D eigenvalue weighted by atomic mass is 16.1. The summed E-state index contributed by atoms with van der Waals surface area (Å²) >= 11 is 0. The van der Waals surface area contributed by atoms with E-state index in [9.17, 15) is 9.59 Å². The Labute approximate surface area is 76.7 Å². The predicted molar refractivity (Wildman–Crippen MR) is 48.7 cm³/mol. The number of hydrogen-bond donors (Lipinski definition) is 2. The molecule has 70 valence electrons. The number of nitrogens with one attached hydrogen (secondary N) is 2. The van der Waals surface area contributed by atoms with E-state index in [1.54, 1.807) is 19.1 Å². The average molecular weight is 180 g/mol. The molecule has 1 heterocycles. The number of amides is 1. The van der Waals surface area contributed by atoms with E-state index in [0.717, 1.165) is 6.29 Å². The van der Waals surface area contributed by atoms with Crippen molar-refractivity contribution < 1.29 is 9.59 Å². The molecule has 0 atom stereocenters. The van der Waals surface area contributed by atoms with Crippen LogP contribution in [0.3, 0.4) is 0 Å². The Kier molecular flexibility index (Phi) is 3.25. The first-order chi connectivity index (χ1) is 6.26. The summed E-state index contributed by atoms with van der Waals surface area (Å²) in [6.45, 7) is 2.35. The van der Waals surface area contributed by atoms with Gasteiger partial charge < -0.3 is 10.6 Å². The van der Waals surface area contributed by atoms with Crippen LogP contribution in [0.4, 0.5) is 0 Å². The Hall–Kier alpha value is -1.58. The molecular formula is C9H12N2O2. The van der Waals surface area contributed by atoms with Crippen molar-refractivity contribution in [2.45, 2.75) is 13.3 Å². The summed E-state index contributed by atoms with van der Waals surface area (Å²) in [4.78, 5) is 21.4. The van der Waals surface area contributed by atoms with Crippen LogP contribution in [0, 0.1) is 0 Å².